The van der Waals surface area contributed by atoms with Gasteiger partial charge in [-0.2, -0.15) is 5.10 Å². The zero-order chi connectivity index (χ0) is 13.8. The number of nitrogens with zero attached hydrogens (tertiary/aromatic N) is 1. The summed E-state index contributed by atoms with van der Waals surface area (Å²) in [5.41, 5.74) is 3.44. The second-order valence-corrected chi connectivity index (χ2v) is 4.10. The van der Waals surface area contributed by atoms with Gasteiger partial charge in [-0.1, -0.05) is 0 Å². The number of rotatable bonds is 3. The van der Waals surface area contributed by atoms with Crippen LogP contribution in [0.5, 0.6) is 5.75 Å². The highest BCUT2D eigenvalue weighted by Gasteiger charge is 2.06. The Labute approximate surface area is 110 Å². The van der Waals surface area contributed by atoms with Gasteiger partial charge in [-0.15, -0.1) is 0 Å². The van der Waals surface area contributed by atoms with E-state index in [2.05, 4.69) is 10.5 Å². The number of phenols is 1. The molecule has 0 bridgehead atoms. The van der Waals surface area contributed by atoms with E-state index in [0.717, 1.165) is 5.76 Å². The molecule has 1 aromatic heterocycles. The maximum Gasteiger partial charge on any atom is 0.271 e. The molecule has 98 valence electrons. The summed E-state index contributed by atoms with van der Waals surface area (Å²) in [6.07, 6.45) is 0. The second kappa shape index (κ2) is 5.39. The molecule has 1 aromatic carbocycles. The van der Waals surface area contributed by atoms with Gasteiger partial charge in [0.25, 0.3) is 5.91 Å². The Hall–Kier alpha value is -2.56. The lowest BCUT2D eigenvalue weighted by molar-refractivity contribution is 0.0955. The number of carbonyl (C=O) groups excluding carboxylic acids is 1. The quantitative estimate of drug-likeness (QED) is 0.656. The van der Waals surface area contributed by atoms with Crippen molar-refractivity contribution < 1.29 is 14.3 Å². The predicted molar refractivity (Wildman–Crippen MR) is 71.2 cm³/mol. The van der Waals surface area contributed by atoms with E-state index in [-0.39, 0.29) is 11.7 Å². The molecule has 0 aliphatic rings. The fourth-order valence-corrected chi connectivity index (χ4v) is 1.50. The first kappa shape index (κ1) is 12.9. The van der Waals surface area contributed by atoms with E-state index >= 15 is 0 Å². The number of nitrogens with one attached hydrogen (secondary N) is 1. The highest BCUT2D eigenvalue weighted by molar-refractivity contribution is 5.99. The molecule has 2 rings (SSSR count). The van der Waals surface area contributed by atoms with Gasteiger partial charge >= 0.3 is 0 Å². The molecule has 0 radical (unpaired) electrons. The first-order chi connectivity index (χ1) is 9.06. The molecule has 0 spiro atoms. The molecule has 0 atom stereocenters. The fraction of sp³-hybridized carbons (Fsp3) is 0.143. The Balaban J connectivity index is 2.05. The third-order valence-electron chi connectivity index (χ3n) is 2.55. The molecule has 1 amide bonds. The summed E-state index contributed by atoms with van der Waals surface area (Å²) >= 11 is 0. The molecule has 0 unspecified atom stereocenters. The summed E-state index contributed by atoms with van der Waals surface area (Å²) in [7, 11) is 0. The maximum absolute atomic E-state index is 11.8. The molecule has 0 aliphatic carbocycles. The minimum absolute atomic E-state index is 0.113. The molecule has 1 heterocycles. The minimum Gasteiger partial charge on any atom is -0.508 e. The standard InChI is InChI=1S/C14H14N2O3/c1-9-3-8-13(19-9)10(2)15-16-14(18)11-4-6-12(17)7-5-11/h3-8,17H,1-2H3,(H,16,18)/b15-10+. The van der Waals surface area contributed by atoms with E-state index in [1.165, 1.54) is 24.3 Å². The molecular weight excluding hydrogens is 244 g/mol. The normalized spacial score (nSPS) is 11.4. The van der Waals surface area contributed by atoms with Crippen molar-refractivity contribution in [3.05, 3.63) is 53.5 Å². The van der Waals surface area contributed by atoms with Crippen LogP contribution in [0, 0.1) is 6.92 Å². The van der Waals surface area contributed by atoms with E-state index < -0.39 is 0 Å². The Kier molecular flexibility index (Phi) is 3.66. The van der Waals surface area contributed by atoms with Crippen LogP contribution < -0.4 is 5.43 Å². The molecular formula is C14H14N2O3. The highest BCUT2D eigenvalue weighted by Crippen LogP contribution is 2.10. The molecule has 5 nitrogen and oxygen atoms in total. The van der Waals surface area contributed by atoms with Crippen molar-refractivity contribution in [2.24, 2.45) is 5.10 Å². The number of benzene rings is 1. The number of hydrogen-bond donors (Lipinski definition) is 2. The van der Waals surface area contributed by atoms with Gasteiger partial charge in [0, 0.05) is 5.56 Å². The molecule has 0 aliphatic heterocycles. The van der Waals surface area contributed by atoms with E-state index in [4.69, 9.17) is 9.52 Å². The van der Waals surface area contributed by atoms with Gasteiger partial charge in [0.05, 0.1) is 0 Å². The third kappa shape index (κ3) is 3.22. The van der Waals surface area contributed by atoms with Crippen molar-refractivity contribution in [2.45, 2.75) is 13.8 Å². The van der Waals surface area contributed by atoms with Crippen LogP contribution in [0.3, 0.4) is 0 Å². The zero-order valence-corrected chi connectivity index (χ0v) is 10.7. The number of carbonyl (C=O) groups is 1. The smallest absolute Gasteiger partial charge is 0.271 e. The van der Waals surface area contributed by atoms with Crippen molar-refractivity contribution in [1.29, 1.82) is 0 Å². The molecule has 0 fully saturated rings. The molecule has 19 heavy (non-hydrogen) atoms. The van der Waals surface area contributed by atoms with Crippen LogP contribution in [-0.2, 0) is 0 Å². The highest BCUT2D eigenvalue weighted by atomic mass is 16.3. The lowest BCUT2D eigenvalue weighted by atomic mass is 10.2. The Morgan fingerprint density at radius 1 is 1.21 bits per heavy atom. The zero-order valence-electron chi connectivity index (χ0n) is 10.7. The number of hydrogen-bond acceptors (Lipinski definition) is 4. The van der Waals surface area contributed by atoms with Gasteiger partial charge in [-0.3, -0.25) is 4.79 Å². The van der Waals surface area contributed by atoms with Crippen LogP contribution in [0.15, 0.2) is 45.9 Å². The van der Waals surface area contributed by atoms with Crippen molar-refractivity contribution in [2.75, 3.05) is 0 Å². The van der Waals surface area contributed by atoms with Crippen LogP contribution in [0.25, 0.3) is 0 Å². The summed E-state index contributed by atoms with van der Waals surface area (Å²) in [6, 6.07) is 9.55. The fourth-order valence-electron chi connectivity index (χ4n) is 1.50. The second-order valence-electron chi connectivity index (χ2n) is 4.10. The van der Waals surface area contributed by atoms with Gasteiger partial charge in [0.1, 0.15) is 23.0 Å². The molecule has 0 saturated carbocycles. The topological polar surface area (TPSA) is 74.8 Å². The van der Waals surface area contributed by atoms with Gasteiger partial charge in [-0.05, 0) is 50.2 Å². The lowest BCUT2D eigenvalue weighted by Gasteiger charge is -2.01. The number of amides is 1. The number of aryl methyl sites for hydroxylation is 1. The van der Waals surface area contributed by atoms with E-state index in [1.54, 1.807) is 13.0 Å². The van der Waals surface area contributed by atoms with Crippen molar-refractivity contribution in [3.8, 4) is 5.75 Å². The van der Waals surface area contributed by atoms with Crippen molar-refractivity contribution in [3.63, 3.8) is 0 Å². The van der Waals surface area contributed by atoms with Gasteiger partial charge in [-0.25, -0.2) is 5.43 Å². The number of hydrazone groups is 1. The summed E-state index contributed by atoms with van der Waals surface area (Å²) < 4.78 is 5.38. The van der Waals surface area contributed by atoms with Crippen LogP contribution in [-0.4, -0.2) is 16.7 Å². The minimum atomic E-state index is -0.345. The number of furan rings is 1. The number of aromatic hydroxyl groups is 1. The average Bonchev–Trinajstić information content (AvgIpc) is 2.83. The largest absolute Gasteiger partial charge is 0.508 e. The number of phenolic OH excluding ortho intramolecular Hbond substituents is 1. The molecule has 0 saturated heterocycles. The predicted octanol–water partition coefficient (Wildman–Crippen LogP) is 2.45. The van der Waals surface area contributed by atoms with Crippen LogP contribution in [0.2, 0.25) is 0 Å². The molecule has 2 aromatic rings. The van der Waals surface area contributed by atoms with E-state index in [9.17, 15) is 4.79 Å². The average molecular weight is 258 g/mol. The Bertz CT molecular complexity index is 612. The first-order valence-electron chi connectivity index (χ1n) is 5.77. The SMILES string of the molecule is C/C(=N\NC(=O)c1ccc(O)cc1)c1ccc(C)o1. The monoisotopic (exact) mass is 258 g/mol. The summed E-state index contributed by atoms with van der Waals surface area (Å²) in [6.45, 7) is 3.58. The summed E-state index contributed by atoms with van der Waals surface area (Å²) in [5, 5.41) is 13.1. The van der Waals surface area contributed by atoms with E-state index in [0.29, 0.717) is 17.0 Å². The van der Waals surface area contributed by atoms with Crippen LogP contribution in [0.1, 0.15) is 28.8 Å². The van der Waals surface area contributed by atoms with Gasteiger partial charge in [0.2, 0.25) is 0 Å². The van der Waals surface area contributed by atoms with Crippen molar-refractivity contribution in [1.82, 2.24) is 5.43 Å². The van der Waals surface area contributed by atoms with Crippen molar-refractivity contribution >= 4 is 11.6 Å². The first-order valence-corrected chi connectivity index (χ1v) is 5.77. The molecule has 2 N–H and O–H groups in total. The van der Waals surface area contributed by atoms with Gasteiger partial charge < -0.3 is 9.52 Å². The van der Waals surface area contributed by atoms with E-state index in [1.807, 2.05) is 13.0 Å². The van der Waals surface area contributed by atoms with Gasteiger partial charge in [0.15, 0.2) is 0 Å². The third-order valence-corrected chi connectivity index (χ3v) is 2.55. The molecule has 5 heteroatoms. The Morgan fingerprint density at radius 3 is 2.47 bits per heavy atom. The Morgan fingerprint density at radius 2 is 1.89 bits per heavy atom. The maximum atomic E-state index is 11.8. The summed E-state index contributed by atoms with van der Waals surface area (Å²) in [4.78, 5) is 11.8. The van der Waals surface area contributed by atoms with Crippen LogP contribution >= 0.6 is 0 Å². The van der Waals surface area contributed by atoms with Crippen LogP contribution in [0.4, 0.5) is 0 Å². The lowest BCUT2D eigenvalue weighted by Crippen LogP contribution is -2.19. The summed E-state index contributed by atoms with van der Waals surface area (Å²) in [5.74, 6) is 1.17.